The van der Waals surface area contributed by atoms with Gasteiger partial charge in [0.2, 0.25) is 0 Å². The minimum absolute atomic E-state index is 0.123. The zero-order valence-electron chi connectivity index (χ0n) is 13.9. The third kappa shape index (κ3) is 3.28. The van der Waals surface area contributed by atoms with Gasteiger partial charge >= 0.3 is 6.03 Å². The number of fused-ring (bicyclic) bond motifs is 1. The predicted octanol–water partition coefficient (Wildman–Crippen LogP) is 4.05. The Balaban J connectivity index is 1.73. The summed E-state index contributed by atoms with van der Waals surface area (Å²) in [7, 11) is 1.65. The van der Waals surface area contributed by atoms with Gasteiger partial charge in [-0.15, -0.1) is 0 Å². The molecule has 23 heavy (non-hydrogen) atoms. The normalized spacial score (nSPS) is 16.5. The molecule has 2 aromatic rings. The first-order valence-electron chi connectivity index (χ1n) is 8.22. The number of ether oxygens (including phenoxy) is 1. The standard InChI is InChI=1S/C18H24N2O3/c1-11-15-10-14(22-3)8-9-16(15)23-17(11)12(2)19-18(21)20-13-6-4-5-7-13/h8-10,12-13H,4-7H2,1-3H3,(H2,19,20,21). The van der Waals surface area contributed by atoms with Gasteiger partial charge in [0, 0.05) is 17.0 Å². The summed E-state index contributed by atoms with van der Waals surface area (Å²) in [6, 6.07) is 5.73. The lowest BCUT2D eigenvalue weighted by Gasteiger charge is -2.16. The second kappa shape index (κ2) is 6.52. The maximum atomic E-state index is 12.1. The average molecular weight is 316 g/mol. The summed E-state index contributed by atoms with van der Waals surface area (Å²) in [5.41, 5.74) is 1.84. The molecule has 0 radical (unpaired) electrons. The Morgan fingerprint density at radius 3 is 2.78 bits per heavy atom. The molecule has 1 atom stereocenters. The van der Waals surface area contributed by atoms with Crippen molar-refractivity contribution in [3.05, 3.63) is 29.5 Å². The number of amides is 2. The summed E-state index contributed by atoms with van der Waals surface area (Å²) in [6.45, 7) is 3.95. The van der Waals surface area contributed by atoms with Crippen LogP contribution in [-0.2, 0) is 0 Å². The third-order valence-electron chi connectivity index (χ3n) is 4.61. The van der Waals surface area contributed by atoms with E-state index in [4.69, 9.17) is 9.15 Å². The van der Waals surface area contributed by atoms with Crippen molar-refractivity contribution in [2.45, 2.75) is 51.6 Å². The second-order valence-corrected chi connectivity index (χ2v) is 6.27. The van der Waals surface area contributed by atoms with Crippen molar-refractivity contribution >= 4 is 17.0 Å². The largest absolute Gasteiger partial charge is 0.497 e. The van der Waals surface area contributed by atoms with Crippen molar-refractivity contribution in [2.24, 2.45) is 0 Å². The molecular formula is C18H24N2O3. The Labute approximate surface area is 136 Å². The number of urea groups is 1. The highest BCUT2D eigenvalue weighted by molar-refractivity contribution is 5.84. The average Bonchev–Trinajstić information content (AvgIpc) is 3.15. The number of methoxy groups -OCH3 is 1. The topological polar surface area (TPSA) is 63.5 Å². The van der Waals surface area contributed by atoms with E-state index in [1.807, 2.05) is 32.0 Å². The molecule has 0 saturated heterocycles. The molecule has 1 unspecified atom stereocenters. The quantitative estimate of drug-likeness (QED) is 0.894. The SMILES string of the molecule is COc1ccc2oc(C(C)NC(=O)NC3CCCC3)c(C)c2c1. The van der Waals surface area contributed by atoms with Gasteiger partial charge in [0.15, 0.2) is 0 Å². The lowest BCUT2D eigenvalue weighted by Crippen LogP contribution is -2.41. The predicted molar refractivity (Wildman–Crippen MR) is 89.8 cm³/mol. The van der Waals surface area contributed by atoms with Crippen LogP contribution in [0.2, 0.25) is 0 Å². The summed E-state index contributed by atoms with van der Waals surface area (Å²) >= 11 is 0. The molecule has 0 aliphatic heterocycles. The monoisotopic (exact) mass is 316 g/mol. The van der Waals surface area contributed by atoms with E-state index < -0.39 is 0 Å². The molecule has 5 nitrogen and oxygen atoms in total. The van der Waals surface area contributed by atoms with Crippen molar-refractivity contribution in [3.63, 3.8) is 0 Å². The number of hydrogen-bond donors (Lipinski definition) is 2. The second-order valence-electron chi connectivity index (χ2n) is 6.27. The number of benzene rings is 1. The number of carbonyl (C=O) groups excluding carboxylic acids is 1. The first-order chi connectivity index (χ1) is 11.1. The van der Waals surface area contributed by atoms with E-state index in [1.54, 1.807) is 7.11 Å². The third-order valence-corrected chi connectivity index (χ3v) is 4.61. The number of rotatable bonds is 4. The van der Waals surface area contributed by atoms with Gasteiger partial charge in [0.25, 0.3) is 0 Å². The molecule has 3 rings (SSSR count). The van der Waals surface area contributed by atoms with Gasteiger partial charge in [-0.25, -0.2) is 4.79 Å². The molecule has 2 N–H and O–H groups in total. The number of hydrogen-bond acceptors (Lipinski definition) is 3. The highest BCUT2D eigenvalue weighted by atomic mass is 16.5. The van der Waals surface area contributed by atoms with Gasteiger partial charge in [-0.3, -0.25) is 0 Å². The molecule has 2 amide bonds. The molecule has 1 aliphatic carbocycles. The summed E-state index contributed by atoms with van der Waals surface area (Å²) in [4.78, 5) is 12.1. The van der Waals surface area contributed by atoms with Crippen LogP contribution >= 0.6 is 0 Å². The van der Waals surface area contributed by atoms with Crippen molar-refractivity contribution in [2.75, 3.05) is 7.11 Å². The van der Waals surface area contributed by atoms with E-state index >= 15 is 0 Å². The molecule has 0 spiro atoms. The lowest BCUT2D eigenvalue weighted by molar-refractivity contribution is 0.232. The first-order valence-corrected chi connectivity index (χ1v) is 8.22. The Morgan fingerprint density at radius 2 is 2.09 bits per heavy atom. The highest BCUT2D eigenvalue weighted by Crippen LogP contribution is 2.31. The number of nitrogens with one attached hydrogen (secondary N) is 2. The number of carbonyl (C=O) groups is 1. The highest BCUT2D eigenvalue weighted by Gasteiger charge is 2.21. The fraction of sp³-hybridized carbons (Fsp3) is 0.500. The minimum atomic E-state index is -0.185. The molecule has 1 fully saturated rings. The van der Waals surface area contributed by atoms with Crippen LogP contribution in [-0.4, -0.2) is 19.2 Å². The van der Waals surface area contributed by atoms with Gasteiger partial charge < -0.3 is 19.8 Å². The Morgan fingerprint density at radius 1 is 1.35 bits per heavy atom. The van der Waals surface area contributed by atoms with Gasteiger partial charge in [-0.2, -0.15) is 0 Å². The molecule has 1 saturated carbocycles. The van der Waals surface area contributed by atoms with Crippen molar-refractivity contribution in [1.82, 2.24) is 10.6 Å². The maximum Gasteiger partial charge on any atom is 0.315 e. The maximum absolute atomic E-state index is 12.1. The zero-order chi connectivity index (χ0) is 16.4. The summed E-state index contributed by atoms with van der Waals surface area (Å²) in [6.07, 6.45) is 4.55. The molecule has 1 aromatic heterocycles. The van der Waals surface area contributed by atoms with Gasteiger partial charge in [0.1, 0.15) is 17.1 Å². The van der Waals surface area contributed by atoms with E-state index in [-0.39, 0.29) is 12.1 Å². The van der Waals surface area contributed by atoms with Crippen LogP contribution in [0.3, 0.4) is 0 Å². The number of furan rings is 1. The Kier molecular flexibility index (Phi) is 4.46. The van der Waals surface area contributed by atoms with Crippen LogP contribution in [0.5, 0.6) is 5.75 Å². The van der Waals surface area contributed by atoms with Gasteiger partial charge in [-0.05, 0) is 44.9 Å². The van der Waals surface area contributed by atoms with Crippen molar-refractivity contribution in [1.29, 1.82) is 0 Å². The van der Waals surface area contributed by atoms with Crippen molar-refractivity contribution < 1.29 is 13.9 Å². The van der Waals surface area contributed by atoms with E-state index in [9.17, 15) is 4.79 Å². The van der Waals surface area contributed by atoms with Crippen LogP contribution in [0, 0.1) is 6.92 Å². The fourth-order valence-electron chi connectivity index (χ4n) is 3.32. The zero-order valence-corrected chi connectivity index (χ0v) is 13.9. The van der Waals surface area contributed by atoms with E-state index in [0.717, 1.165) is 40.9 Å². The van der Waals surface area contributed by atoms with E-state index in [1.165, 1.54) is 12.8 Å². The summed E-state index contributed by atoms with van der Waals surface area (Å²) < 4.78 is 11.2. The van der Waals surface area contributed by atoms with E-state index in [2.05, 4.69) is 10.6 Å². The molecule has 0 bridgehead atoms. The summed E-state index contributed by atoms with van der Waals surface area (Å²) in [5.74, 6) is 1.59. The molecule has 124 valence electrons. The lowest BCUT2D eigenvalue weighted by atomic mass is 10.1. The Hall–Kier alpha value is -2.17. The van der Waals surface area contributed by atoms with Gasteiger partial charge in [-0.1, -0.05) is 12.8 Å². The molecular weight excluding hydrogens is 292 g/mol. The molecule has 1 heterocycles. The van der Waals surface area contributed by atoms with Crippen LogP contribution in [0.25, 0.3) is 11.0 Å². The van der Waals surface area contributed by atoms with Crippen molar-refractivity contribution in [3.8, 4) is 5.75 Å². The molecule has 1 aliphatic rings. The fourth-order valence-corrected chi connectivity index (χ4v) is 3.32. The van der Waals surface area contributed by atoms with Crippen LogP contribution in [0.1, 0.15) is 50.0 Å². The Bertz CT molecular complexity index is 702. The van der Waals surface area contributed by atoms with Gasteiger partial charge in [0.05, 0.1) is 13.2 Å². The molecule has 1 aromatic carbocycles. The van der Waals surface area contributed by atoms with E-state index in [0.29, 0.717) is 6.04 Å². The minimum Gasteiger partial charge on any atom is -0.497 e. The molecule has 5 heteroatoms. The smallest absolute Gasteiger partial charge is 0.315 e. The van der Waals surface area contributed by atoms with Crippen LogP contribution in [0.15, 0.2) is 22.6 Å². The number of aryl methyl sites for hydroxylation is 1. The summed E-state index contributed by atoms with van der Waals surface area (Å²) in [5, 5.41) is 7.04. The van der Waals surface area contributed by atoms with Crippen LogP contribution < -0.4 is 15.4 Å². The first kappa shape index (κ1) is 15.7. The van der Waals surface area contributed by atoms with Crippen LogP contribution in [0.4, 0.5) is 4.79 Å².